The van der Waals surface area contributed by atoms with E-state index in [1.807, 2.05) is 18.7 Å². The molecule has 0 aromatic heterocycles. The maximum atomic E-state index is 11.1. The van der Waals surface area contributed by atoms with E-state index >= 15 is 0 Å². The predicted molar refractivity (Wildman–Crippen MR) is 81.7 cm³/mol. The van der Waals surface area contributed by atoms with Gasteiger partial charge in [-0.1, -0.05) is 12.5 Å². The molecule has 19 heavy (non-hydrogen) atoms. The number of carbonyl (C=O) groups excluding carboxylic acids is 1. The van der Waals surface area contributed by atoms with Gasteiger partial charge in [-0.3, -0.25) is 4.79 Å². The van der Waals surface area contributed by atoms with Crippen LogP contribution in [0.1, 0.15) is 43.7 Å². The maximum Gasteiger partial charge on any atom is 0.305 e. The molecule has 0 saturated carbocycles. The molecule has 106 valence electrons. The van der Waals surface area contributed by atoms with Gasteiger partial charge in [0.1, 0.15) is 0 Å². The highest BCUT2D eigenvalue weighted by Crippen LogP contribution is 2.22. The Morgan fingerprint density at radius 1 is 1.16 bits per heavy atom. The molecule has 1 aromatic carbocycles. The minimum Gasteiger partial charge on any atom is -0.466 e. The molecule has 0 unspecified atom stereocenters. The molecule has 0 spiro atoms. The van der Waals surface area contributed by atoms with E-state index in [0.29, 0.717) is 13.0 Å². The molecule has 1 aromatic rings. The van der Waals surface area contributed by atoms with Crippen molar-refractivity contribution in [2.75, 3.05) is 12.4 Å². The van der Waals surface area contributed by atoms with Gasteiger partial charge in [-0.05, 0) is 62.6 Å². The number of carbonyl (C=O) groups is 1. The average molecular weight is 280 g/mol. The molecule has 0 N–H and O–H groups in total. The second-order valence-corrected chi connectivity index (χ2v) is 5.88. The van der Waals surface area contributed by atoms with Crippen molar-refractivity contribution in [2.24, 2.45) is 0 Å². The lowest BCUT2D eigenvalue weighted by Crippen LogP contribution is -2.03. The third kappa shape index (κ3) is 6.67. The van der Waals surface area contributed by atoms with Crippen molar-refractivity contribution < 1.29 is 9.53 Å². The van der Waals surface area contributed by atoms with Gasteiger partial charge in [0.25, 0.3) is 0 Å². The third-order valence-electron chi connectivity index (χ3n) is 3.08. The summed E-state index contributed by atoms with van der Waals surface area (Å²) in [7, 11) is 0. The number of unbranched alkanes of at least 4 members (excludes halogenated alkanes) is 2. The highest BCUT2D eigenvalue weighted by Gasteiger charge is 2.01. The van der Waals surface area contributed by atoms with Crippen molar-refractivity contribution in [1.29, 1.82) is 0 Å². The lowest BCUT2D eigenvalue weighted by Gasteiger charge is -2.05. The average Bonchev–Trinajstić information content (AvgIpc) is 2.38. The minimum absolute atomic E-state index is 0.0655. The van der Waals surface area contributed by atoms with Crippen molar-refractivity contribution in [3.63, 3.8) is 0 Å². The number of thioether (sulfide) groups is 1. The van der Waals surface area contributed by atoms with Crippen LogP contribution in [-0.2, 0) is 9.53 Å². The monoisotopic (exact) mass is 280 g/mol. The fourth-order valence-corrected chi connectivity index (χ4v) is 2.78. The molecular formula is C16H24O2S. The van der Waals surface area contributed by atoms with Crippen LogP contribution in [0.2, 0.25) is 0 Å². The van der Waals surface area contributed by atoms with Crippen molar-refractivity contribution in [3.05, 3.63) is 29.3 Å². The van der Waals surface area contributed by atoms with Gasteiger partial charge in [0, 0.05) is 11.3 Å². The summed E-state index contributed by atoms with van der Waals surface area (Å²) in [5, 5.41) is 0. The van der Waals surface area contributed by atoms with Crippen LogP contribution in [0.5, 0.6) is 0 Å². The highest BCUT2D eigenvalue weighted by molar-refractivity contribution is 7.99. The van der Waals surface area contributed by atoms with Crippen LogP contribution in [0.15, 0.2) is 23.1 Å². The largest absolute Gasteiger partial charge is 0.466 e. The number of benzene rings is 1. The third-order valence-corrected chi connectivity index (χ3v) is 4.16. The van der Waals surface area contributed by atoms with Crippen LogP contribution in [0.25, 0.3) is 0 Å². The summed E-state index contributed by atoms with van der Waals surface area (Å²) in [6, 6.07) is 6.61. The second-order valence-electron chi connectivity index (χ2n) is 4.71. The van der Waals surface area contributed by atoms with Gasteiger partial charge < -0.3 is 4.74 Å². The Bertz CT molecular complexity index is 402. The first-order chi connectivity index (χ1) is 9.13. The molecule has 0 saturated heterocycles. The highest BCUT2D eigenvalue weighted by atomic mass is 32.2. The summed E-state index contributed by atoms with van der Waals surface area (Å²) in [6.07, 6.45) is 3.74. The zero-order chi connectivity index (χ0) is 14.1. The quantitative estimate of drug-likeness (QED) is 0.398. The van der Waals surface area contributed by atoms with E-state index in [1.54, 1.807) is 0 Å². The molecule has 0 fully saturated rings. The fraction of sp³-hybridized carbons (Fsp3) is 0.562. The lowest BCUT2D eigenvalue weighted by molar-refractivity contribution is -0.143. The topological polar surface area (TPSA) is 26.3 Å². The van der Waals surface area contributed by atoms with Crippen LogP contribution in [0.4, 0.5) is 0 Å². The normalized spacial score (nSPS) is 10.5. The number of hydrogen-bond donors (Lipinski definition) is 0. The maximum absolute atomic E-state index is 11.1. The predicted octanol–water partition coefficient (Wildman–Crippen LogP) is 4.52. The lowest BCUT2D eigenvalue weighted by atomic mass is 10.1. The molecule has 0 amide bonds. The Hall–Kier alpha value is -0.960. The number of rotatable bonds is 8. The van der Waals surface area contributed by atoms with Gasteiger partial charge in [-0.25, -0.2) is 0 Å². The number of ether oxygens (including phenoxy) is 1. The number of aryl methyl sites for hydroxylation is 2. The Kier molecular flexibility index (Phi) is 7.65. The minimum atomic E-state index is -0.0655. The van der Waals surface area contributed by atoms with Crippen molar-refractivity contribution >= 4 is 17.7 Å². The molecule has 0 bridgehead atoms. The van der Waals surface area contributed by atoms with E-state index in [-0.39, 0.29) is 5.97 Å². The van der Waals surface area contributed by atoms with E-state index in [2.05, 4.69) is 32.0 Å². The van der Waals surface area contributed by atoms with E-state index < -0.39 is 0 Å². The molecule has 0 radical (unpaired) electrons. The molecule has 0 aliphatic heterocycles. The molecular weight excluding hydrogens is 256 g/mol. The van der Waals surface area contributed by atoms with Crippen molar-refractivity contribution in [1.82, 2.24) is 0 Å². The molecule has 0 aliphatic rings. The van der Waals surface area contributed by atoms with Gasteiger partial charge in [-0.15, -0.1) is 11.8 Å². The summed E-state index contributed by atoms with van der Waals surface area (Å²) in [5.41, 5.74) is 2.70. The van der Waals surface area contributed by atoms with Crippen LogP contribution in [0, 0.1) is 13.8 Å². The van der Waals surface area contributed by atoms with Gasteiger partial charge in [0.2, 0.25) is 0 Å². The molecule has 0 aliphatic carbocycles. The Morgan fingerprint density at radius 3 is 2.63 bits per heavy atom. The smallest absolute Gasteiger partial charge is 0.305 e. The van der Waals surface area contributed by atoms with Gasteiger partial charge in [0.15, 0.2) is 0 Å². The standard InChI is InChI=1S/C16H24O2S/c1-4-18-16(17)8-6-5-7-11-19-15-10-9-13(2)14(3)12-15/h9-10,12H,4-8,11H2,1-3H3. The van der Waals surface area contributed by atoms with Gasteiger partial charge >= 0.3 is 5.97 Å². The SMILES string of the molecule is CCOC(=O)CCCCCSc1ccc(C)c(C)c1. The Balaban J connectivity index is 2.10. The van der Waals surface area contributed by atoms with E-state index in [4.69, 9.17) is 4.74 Å². The van der Waals surface area contributed by atoms with Crippen LogP contribution < -0.4 is 0 Å². The summed E-state index contributed by atoms with van der Waals surface area (Å²) >= 11 is 1.90. The summed E-state index contributed by atoms with van der Waals surface area (Å²) < 4.78 is 4.90. The zero-order valence-electron chi connectivity index (χ0n) is 12.2. The van der Waals surface area contributed by atoms with E-state index in [9.17, 15) is 4.79 Å². The van der Waals surface area contributed by atoms with Gasteiger partial charge in [0.05, 0.1) is 6.61 Å². The fourth-order valence-electron chi connectivity index (χ4n) is 1.78. The number of hydrogen-bond acceptors (Lipinski definition) is 3. The molecule has 3 heteroatoms. The molecule has 0 atom stereocenters. The van der Waals surface area contributed by atoms with Crippen molar-refractivity contribution in [2.45, 2.75) is 51.3 Å². The van der Waals surface area contributed by atoms with Crippen molar-refractivity contribution in [3.8, 4) is 0 Å². The Labute approximate surface area is 120 Å². The van der Waals surface area contributed by atoms with Crippen LogP contribution in [0.3, 0.4) is 0 Å². The van der Waals surface area contributed by atoms with E-state index in [1.165, 1.54) is 16.0 Å². The molecule has 1 rings (SSSR count). The van der Waals surface area contributed by atoms with E-state index in [0.717, 1.165) is 25.0 Å². The molecule has 2 nitrogen and oxygen atoms in total. The van der Waals surface area contributed by atoms with Crippen LogP contribution >= 0.6 is 11.8 Å². The summed E-state index contributed by atoms with van der Waals surface area (Å²) in [6.45, 7) is 6.62. The summed E-state index contributed by atoms with van der Waals surface area (Å²) in [4.78, 5) is 12.5. The first-order valence-electron chi connectivity index (χ1n) is 6.99. The Morgan fingerprint density at radius 2 is 1.95 bits per heavy atom. The first kappa shape index (κ1) is 16.1. The summed E-state index contributed by atoms with van der Waals surface area (Å²) in [5.74, 6) is 1.05. The van der Waals surface area contributed by atoms with Gasteiger partial charge in [-0.2, -0.15) is 0 Å². The van der Waals surface area contributed by atoms with Crippen LogP contribution in [-0.4, -0.2) is 18.3 Å². The zero-order valence-corrected chi connectivity index (χ0v) is 13.0. The second kappa shape index (κ2) is 9.03. The number of esters is 1. The first-order valence-corrected chi connectivity index (χ1v) is 7.97. The molecule has 0 heterocycles.